The maximum absolute atomic E-state index is 11.2. The smallest absolute Gasteiger partial charge is 0.417 e. The molecule has 1 atom stereocenters. The van der Waals surface area contributed by atoms with Gasteiger partial charge in [-0.25, -0.2) is 4.79 Å². The van der Waals surface area contributed by atoms with Crippen LogP contribution in [0.15, 0.2) is 45.6 Å². The van der Waals surface area contributed by atoms with E-state index in [1.807, 2.05) is 31.2 Å². The van der Waals surface area contributed by atoms with Crippen LogP contribution < -0.4 is 10.5 Å². The van der Waals surface area contributed by atoms with Gasteiger partial charge in [0.25, 0.3) is 0 Å². The van der Waals surface area contributed by atoms with E-state index in [1.54, 1.807) is 19.2 Å². The van der Waals surface area contributed by atoms with Gasteiger partial charge < -0.3 is 9.15 Å². The van der Waals surface area contributed by atoms with Gasteiger partial charge in [0, 0.05) is 0 Å². The fourth-order valence-electron chi connectivity index (χ4n) is 2.31. The topological polar surface area (TPSA) is 55.2 Å². The summed E-state index contributed by atoms with van der Waals surface area (Å²) in [5.74, 6) is 0.331. The van der Waals surface area contributed by atoms with Crippen LogP contribution >= 0.6 is 11.6 Å². The van der Waals surface area contributed by atoms with Gasteiger partial charge in [0.05, 0.1) is 18.0 Å². The Morgan fingerprint density at radius 1 is 1.19 bits per heavy atom. The third-order valence-corrected chi connectivity index (χ3v) is 3.97. The molecule has 0 aliphatic rings. The number of methoxy groups -OCH3 is 1. The zero-order valence-electron chi connectivity index (χ0n) is 11.6. The van der Waals surface area contributed by atoms with Gasteiger partial charge in [-0.3, -0.25) is 4.98 Å². The summed E-state index contributed by atoms with van der Waals surface area (Å²) >= 11 is 6.53. The summed E-state index contributed by atoms with van der Waals surface area (Å²) in [5.41, 5.74) is 4.00. The molecule has 0 bridgehead atoms. The minimum Gasteiger partial charge on any atom is -0.496 e. The number of ether oxygens (including phenoxy) is 1. The van der Waals surface area contributed by atoms with E-state index in [0.29, 0.717) is 11.1 Å². The molecule has 1 unspecified atom stereocenters. The van der Waals surface area contributed by atoms with Crippen molar-refractivity contribution >= 4 is 22.7 Å². The molecule has 0 aliphatic heterocycles. The van der Waals surface area contributed by atoms with Gasteiger partial charge >= 0.3 is 5.76 Å². The van der Waals surface area contributed by atoms with Gasteiger partial charge in [0.1, 0.15) is 5.75 Å². The standard InChI is InChI=1S/C16H14ClNO3/c1-9-3-4-10(7-13(9)20-2)15(17)11-5-6-12-14(8-11)21-16(19)18-12/h3-8,15H,1-2H3,(H,18,19). The highest BCUT2D eigenvalue weighted by atomic mass is 35.5. The first-order valence-electron chi connectivity index (χ1n) is 6.50. The molecule has 4 nitrogen and oxygen atoms in total. The minimum atomic E-state index is -0.467. The molecule has 3 aromatic rings. The first-order valence-corrected chi connectivity index (χ1v) is 6.93. The highest BCUT2D eigenvalue weighted by Gasteiger charge is 2.14. The average Bonchev–Trinajstić information content (AvgIpc) is 2.86. The summed E-state index contributed by atoms with van der Waals surface area (Å²) < 4.78 is 10.4. The molecule has 1 aromatic heterocycles. The molecule has 0 fully saturated rings. The number of benzene rings is 2. The van der Waals surface area contributed by atoms with E-state index in [0.717, 1.165) is 22.4 Å². The highest BCUT2D eigenvalue weighted by molar-refractivity contribution is 6.22. The molecule has 0 amide bonds. The van der Waals surface area contributed by atoms with E-state index in [-0.39, 0.29) is 5.38 Å². The Balaban J connectivity index is 2.02. The first-order chi connectivity index (χ1) is 10.1. The molecule has 1 N–H and O–H groups in total. The first kappa shape index (κ1) is 13.8. The maximum Gasteiger partial charge on any atom is 0.417 e. The van der Waals surface area contributed by atoms with Crippen LogP contribution in [0, 0.1) is 6.92 Å². The Bertz CT molecular complexity index is 850. The predicted molar refractivity (Wildman–Crippen MR) is 82.3 cm³/mol. The van der Waals surface area contributed by atoms with E-state index in [4.69, 9.17) is 20.8 Å². The zero-order valence-corrected chi connectivity index (χ0v) is 12.4. The SMILES string of the molecule is COc1cc(C(Cl)c2ccc3[nH]c(=O)oc3c2)ccc1C. The van der Waals surface area contributed by atoms with Crippen molar-refractivity contribution in [3.8, 4) is 5.75 Å². The van der Waals surface area contributed by atoms with E-state index in [1.165, 1.54) is 0 Å². The number of hydrogen-bond donors (Lipinski definition) is 1. The Labute approximate surface area is 126 Å². The van der Waals surface area contributed by atoms with E-state index < -0.39 is 5.76 Å². The second-order valence-electron chi connectivity index (χ2n) is 4.86. The lowest BCUT2D eigenvalue weighted by atomic mass is 10.0. The number of aromatic nitrogens is 1. The molecule has 5 heteroatoms. The Hall–Kier alpha value is -2.20. The van der Waals surface area contributed by atoms with E-state index in [9.17, 15) is 4.79 Å². The molecule has 0 aliphatic carbocycles. The van der Waals surface area contributed by atoms with Crippen LogP contribution in [0.1, 0.15) is 22.1 Å². The van der Waals surface area contributed by atoms with Crippen molar-refractivity contribution in [2.45, 2.75) is 12.3 Å². The van der Waals surface area contributed by atoms with Gasteiger partial charge in [-0.05, 0) is 41.8 Å². The number of nitrogens with one attached hydrogen (secondary N) is 1. The Kier molecular flexibility index (Phi) is 3.47. The van der Waals surface area contributed by atoms with Crippen molar-refractivity contribution < 1.29 is 9.15 Å². The predicted octanol–water partition coefficient (Wildman–Crippen LogP) is 3.77. The lowest BCUT2D eigenvalue weighted by molar-refractivity contribution is 0.411. The van der Waals surface area contributed by atoms with Crippen molar-refractivity contribution in [3.05, 3.63) is 63.6 Å². The fraction of sp³-hybridized carbons (Fsp3) is 0.188. The quantitative estimate of drug-likeness (QED) is 0.749. The van der Waals surface area contributed by atoms with Crippen LogP contribution in [-0.2, 0) is 0 Å². The number of aromatic amines is 1. The van der Waals surface area contributed by atoms with Crippen LogP contribution in [0.3, 0.4) is 0 Å². The number of alkyl halides is 1. The number of fused-ring (bicyclic) bond motifs is 1. The summed E-state index contributed by atoms with van der Waals surface area (Å²) in [6.45, 7) is 1.98. The van der Waals surface area contributed by atoms with E-state index in [2.05, 4.69) is 4.98 Å². The molecule has 2 aromatic carbocycles. The van der Waals surface area contributed by atoms with Gasteiger partial charge in [0.15, 0.2) is 5.58 Å². The van der Waals surface area contributed by atoms with Gasteiger partial charge in [-0.1, -0.05) is 18.2 Å². The normalized spacial score (nSPS) is 12.5. The molecule has 21 heavy (non-hydrogen) atoms. The summed E-state index contributed by atoms with van der Waals surface area (Å²) in [5, 5.41) is -0.343. The van der Waals surface area contributed by atoms with Crippen molar-refractivity contribution in [2.24, 2.45) is 0 Å². The van der Waals surface area contributed by atoms with Gasteiger partial charge in [-0.15, -0.1) is 11.6 Å². The van der Waals surface area contributed by atoms with Gasteiger partial charge in [0.2, 0.25) is 0 Å². The number of rotatable bonds is 3. The lowest BCUT2D eigenvalue weighted by Gasteiger charge is -2.13. The largest absolute Gasteiger partial charge is 0.496 e. The number of aryl methyl sites for hydroxylation is 1. The lowest BCUT2D eigenvalue weighted by Crippen LogP contribution is -1.95. The maximum atomic E-state index is 11.2. The summed E-state index contributed by atoms with van der Waals surface area (Å²) in [6, 6.07) is 11.3. The van der Waals surface area contributed by atoms with Crippen molar-refractivity contribution in [2.75, 3.05) is 7.11 Å². The van der Waals surface area contributed by atoms with Crippen molar-refractivity contribution in [1.29, 1.82) is 0 Å². The van der Waals surface area contributed by atoms with Crippen LogP contribution in [-0.4, -0.2) is 12.1 Å². The molecule has 0 saturated carbocycles. The summed E-state index contributed by atoms with van der Waals surface area (Å²) in [6.07, 6.45) is 0. The highest BCUT2D eigenvalue weighted by Crippen LogP contribution is 2.33. The number of oxazole rings is 1. The van der Waals surface area contributed by atoms with Crippen molar-refractivity contribution in [1.82, 2.24) is 4.98 Å². The molecule has 0 spiro atoms. The summed E-state index contributed by atoms with van der Waals surface area (Å²) in [7, 11) is 1.63. The van der Waals surface area contributed by atoms with Crippen LogP contribution in [0.4, 0.5) is 0 Å². The number of hydrogen-bond acceptors (Lipinski definition) is 3. The van der Waals surface area contributed by atoms with Crippen LogP contribution in [0.5, 0.6) is 5.75 Å². The zero-order chi connectivity index (χ0) is 15.0. The second kappa shape index (κ2) is 5.30. The third-order valence-electron chi connectivity index (χ3n) is 3.46. The molecular weight excluding hydrogens is 290 g/mol. The number of H-pyrrole nitrogens is 1. The minimum absolute atomic E-state index is 0.343. The average molecular weight is 304 g/mol. The molecule has 108 valence electrons. The summed E-state index contributed by atoms with van der Waals surface area (Å²) in [4.78, 5) is 13.8. The fourth-order valence-corrected chi connectivity index (χ4v) is 2.58. The molecule has 3 rings (SSSR count). The number of halogens is 1. The van der Waals surface area contributed by atoms with Gasteiger partial charge in [-0.2, -0.15) is 0 Å². The molecular formula is C16H14ClNO3. The van der Waals surface area contributed by atoms with Crippen LogP contribution in [0.2, 0.25) is 0 Å². The molecule has 0 radical (unpaired) electrons. The Morgan fingerprint density at radius 3 is 2.67 bits per heavy atom. The van der Waals surface area contributed by atoms with E-state index >= 15 is 0 Å². The van der Waals surface area contributed by atoms with Crippen LogP contribution in [0.25, 0.3) is 11.1 Å². The Morgan fingerprint density at radius 2 is 1.90 bits per heavy atom. The second-order valence-corrected chi connectivity index (χ2v) is 5.30. The monoisotopic (exact) mass is 303 g/mol. The molecule has 0 saturated heterocycles. The molecule has 1 heterocycles. The van der Waals surface area contributed by atoms with Crippen molar-refractivity contribution in [3.63, 3.8) is 0 Å². The third kappa shape index (κ3) is 2.54.